The molecule has 12 heteroatoms. The van der Waals surface area contributed by atoms with E-state index in [9.17, 15) is 27.6 Å². The maximum absolute atomic E-state index is 13.9. The molecule has 3 aromatic heterocycles. The summed E-state index contributed by atoms with van der Waals surface area (Å²) >= 11 is 1.24. The summed E-state index contributed by atoms with van der Waals surface area (Å²) in [7, 11) is 1.82. The van der Waals surface area contributed by atoms with Crippen LogP contribution in [0.3, 0.4) is 0 Å². The van der Waals surface area contributed by atoms with Crippen LogP contribution in [-0.2, 0) is 22.3 Å². The van der Waals surface area contributed by atoms with Crippen molar-refractivity contribution in [1.29, 1.82) is 0 Å². The van der Waals surface area contributed by atoms with Gasteiger partial charge in [-0.1, -0.05) is 13.8 Å². The number of aryl methyl sites for hydroxylation is 1. The molecule has 0 spiro atoms. The Bertz CT molecular complexity index is 1580. The Morgan fingerprint density at radius 2 is 1.90 bits per heavy atom. The summed E-state index contributed by atoms with van der Waals surface area (Å²) in [6.45, 7) is 6.35. The third kappa shape index (κ3) is 4.51. The summed E-state index contributed by atoms with van der Waals surface area (Å²) in [6, 6.07) is 4.33. The van der Waals surface area contributed by atoms with Crippen molar-refractivity contribution in [3.63, 3.8) is 0 Å². The number of nitrogens with zero attached hydrogens (tertiary/aromatic N) is 4. The van der Waals surface area contributed by atoms with Crippen molar-refractivity contribution < 1.29 is 27.6 Å². The van der Waals surface area contributed by atoms with Crippen molar-refractivity contribution in [3.8, 4) is 11.3 Å². The molecule has 0 aromatic carbocycles. The van der Waals surface area contributed by atoms with Crippen molar-refractivity contribution >= 4 is 39.3 Å². The van der Waals surface area contributed by atoms with Gasteiger partial charge in [-0.2, -0.15) is 13.2 Å². The molecule has 0 bridgehead atoms. The van der Waals surface area contributed by atoms with Crippen LogP contribution in [0.1, 0.15) is 53.2 Å². The van der Waals surface area contributed by atoms with Crippen LogP contribution in [-0.4, -0.2) is 63.7 Å². The normalized spacial score (nSPS) is 23.8. The van der Waals surface area contributed by atoms with Crippen LogP contribution in [0.15, 0.2) is 24.4 Å². The molecule has 2 aliphatic heterocycles. The summed E-state index contributed by atoms with van der Waals surface area (Å²) in [5.41, 5.74) is -0.280. The number of aromatic nitrogens is 2. The van der Waals surface area contributed by atoms with E-state index in [1.54, 1.807) is 17.0 Å². The lowest BCUT2D eigenvalue weighted by molar-refractivity contribution is -0.144. The predicted octanol–water partition coefficient (Wildman–Crippen LogP) is 4.65. The number of amides is 3. The summed E-state index contributed by atoms with van der Waals surface area (Å²) in [6.07, 6.45) is -1.55. The molecule has 8 nitrogen and oxygen atoms in total. The van der Waals surface area contributed by atoms with E-state index in [2.05, 4.69) is 15.3 Å². The SMILES string of the molecule is CNC1CCCN(C(=O)c2c(C)cc(C(F)(F)F)nc2-c2ccnc3cc(CN4C(=O)C5C(C4=O)C5(C)C)sc23)C1. The highest BCUT2D eigenvalue weighted by Crippen LogP contribution is 2.63. The van der Waals surface area contributed by atoms with E-state index < -0.39 is 11.9 Å². The number of likely N-dealkylation sites (tertiary alicyclic amines) is 2. The number of rotatable bonds is 5. The molecule has 3 amide bonds. The average Bonchev–Trinajstić information content (AvgIpc) is 3.17. The molecule has 1 saturated carbocycles. The van der Waals surface area contributed by atoms with Gasteiger partial charge in [-0.05, 0) is 56.0 Å². The number of piperidine rings is 2. The first-order valence-electron chi connectivity index (χ1n) is 13.6. The molecular weight excluding hydrogens is 555 g/mol. The molecule has 3 aromatic rings. The second kappa shape index (κ2) is 9.59. The number of halogens is 3. The summed E-state index contributed by atoms with van der Waals surface area (Å²) < 4.78 is 42.3. The van der Waals surface area contributed by atoms with Crippen LogP contribution in [0.5, 0.6) is 0 Å². The third-order valence-corrected chi connectivity index (χ3v) is 9.90. The average molecular weight is 586 g/mol. The first-order valence-corrected chi connectivity index (χ1v) is 14.4. The van der Waals surface area contributed by atoms with E-state index in [4.69, 9.17) is 0 Å². The van der Waals surface area contributed by atoms with Gasteiger partial charge in [-0.3, -0.25) is 24.3 Å². The zero-order valence-corrected chi connectivity index (χ0v) is 23.9. The minimum atomic E-state index is -4.71. The van der Waals surface area contributed by atoms with Gasteiger partial charge in [-0.25, -0.2) is 4.98 Å². The van der Waals surface area contributed by atoms with Crippen molar-refractivity contribution in [2.75, 3.05) is 20.1 Å². The Balaban J connectivity index is 1.42. The molecule has 216 valence electrons. The van der Waals surface area contributed by atoms with Gasteiger partial charge in [0.15, 0.2) is 0 Å². The van der Waals surface area contributed by atoms with Gasteiger partial charge in [-0.15, -0.1) is 11.3 Å². The Morgan fingerprint density at radius 1 is 1.20 bits per heavy atom. The van der Waals surface area contributed by atoms with Gasteiger partial charge in [0.2, 0.25) is 11.8 Å². The number of nitrogens with one attached hydrogen (secondary N) is 1. The standard InChI is InChI=1S/C29H30F3N5O3S/c1-14-10-19(29(30,31)32)35-23(20(14)25(38)36-9-5-6-15(12-36)33-4)17-7-8-34-18-11-16(41-24(17)18)13-37-26(39)21-22(27(37)40)28(21,2)3/h7-8,10-11,15,21-22,33H,5-6,9,12-13H2,1-4H3. The minimum Gasteiger partial charge on any atom is -0.337 e. The Labute approximate surface area is 238 Å². The fraction of sp³-hybridized carbons (Fsp3) is 0.483. The summed E-state index contributed by atoms with van der Waals surface area (Å²) in [5.74, 6) is -1.36. The zero-order chi connectivity index (χ0) is 29.4. The highest BCUT2D eigenvalue weighted by molar-refractivity contribution is 7.19. The van der Waals surface area contributed by atoms with Gasteiger partial charge in [0, 0.05) is 35.8 Å². The number of pyridine rings is 2. The molecule has 3 unspecified atom stereocenters. The number of carbonyl (C=O) groups is 3. The zero-order valence-electron chi connectivity index (χ0n) is 23.1. The van der Waals surface area contributed by atoms with Crippen molar-refractivity contribution in [1.82, 2.24) is 25.1 Å². The number of hydrogen-bond acceptors (Lipinski definition) is 7. The molecule has 5 heterocycles. The number of imide groups is 1. The lowest BCUT2D eigenvalue weighted by Crippen LogP contribution is -2.47. The Kier molecular flexibility index (Phi) is 6.49. The molecule has 3 atom stereocenters. The molecule has 6 rings (SSSR count). The molecule has 3 fully saturated rings. The number of fused-ring (bicyclic) bond motifs is 2. The molecule has 1 N–H and O–H groups in total. The van der Waals surface area contributed by atoms with Crippen LogP contribution in [0.25, 0.3) is 21.5 Å². The van der Waals surface area contributed by atoms with Crippen LogP contribution in [0.2, 0.25) is 0 Å². The largest absolute Gasteiger partial charge is 0.433 e. The highest BCUT2D eigenvalue weighted by Gasteiger charge is 2.72. The number of hydrogen-bond donors (Lipinski definition) is 1. The quantitative estimate of drug-likeness (QED) is 0.438. The van der Waals surface area contributed by atoms with E-state index in [0.29, 0.717) is 33.7 Å². The smallest absolute Gasteiger partial charge is 0.337 e. The predicted molar refractivity (Wildman–Crippen MR) is 147 cm³/mol. The van der Waals surface area contributed by atoms with Crippen LogP contribution >= 0.6 is 11.3 Å². The molecule has 3 aliphatic rings. The lowest BCUT2D eigenvalue weighted by Gasteiger charge is -2.33. The molecular formula is C29H30F3N5O3S. The summed E-state index contributed by atoms with van der Waals surface area (Å²) in [4.78, 5) is 51.7. The Hall–Kier alpha value is -3.38. The van der Waals surface area contributed by atoms with E-state index in [1.165, 1.54) is 29.4 Å². The fourth-order valence-corrected chi connectivity index (χ4v) is 7.52. The van der Waals surface area contributed by atoms with E-state index in [-0.39, 0.29) is 64.4 Å². The van der Waals surface area contributed by atoms with Gasteiger partial charge in [0.05, 0.1) is 39.9 Å². The van der Waals surface area contributed by atoms with Crippen LogP contribution < -0.4 is 5.32 Å². The molecule has 41 heavy (non-hydrogen) atoms. The number of alkyl halides is 3. The minimum absolute atomic E-state index is 0.0500. The van der Waals surface area contributed by atoms with Gasteiger partial charge >= 0.3 is 6.18 Å². The van der Waals surface area contributed by atoms with Crippen LogP contribution in [0, 0.1) is 24.2 Å². The van der Waals surface area contributed by atoms with Gasteiger partial charge in [0.25, 0.3) is 5.91 Å². The van der Waals surface area contributed by atoms with Crippen molar-refractivity contribution in [2.24, 2.45) is 17.3 Å². The van der Waals surface area contributed by atoms with Gasteiger partial charge < -0.3 is 10.2 Å². The fourth-order valence-electron chi connectivity index (χ4n) is 6.41. The van der Waals surface area contributed by atoms with Crippen molar-refractivity contribution in [3.05, 3.63) is 46.1 Å². The topological polar surface area (TPSA) is 95.5 Å². The first kappa shape index (κ1) is 27.8. The summed E-state index contributed by atoms with van der Waals surface area (Å²) in [5, 5.41) is 3.19. The second-order valence-corrected chi connectivity index (χ2v) is 12.9. The highest BCUT2D eigenvalue weighted by atomic mass is 32.1. The van der Waals surface area contributed by atoms with Gasteiger partial charge in [0.1, 0.15) is 5.69 Å². The first-order chi connectivity index (χ1) is 19.3. The Morgan fingerprint density at radius 3 is 2.56 bits per heavy atom. The monoisotopic (exact) mass is 585 g/mol. The number of likely N-dealkylation sites (N-methyl/N-ethyl adjacent to an activating group) is 1. The molecule has 0 radical (unpaired) electrons. The van der Waals surface area contributed by atoms with E-state index in [1.807, 2.05) is 20.9 Å². The van der Waals surface area contributed by atoms with Crippen molar-refractivity contribution in [2.45, 2.75) is 52.4 Å². The molecule has 1 aliphatic carbocycles. The maximum Gasteiger partial charge on any atom is 0.433 e. The number of thiophene rings is 1. The van der Waals surface area contributed by atoms with E-state index >= 15 is 0 Å². The van der Waals surface area contributed by atoms with E-state index in [0.717, 1.165) is 18.9 Å². The number of carbonyl (C=O) groups excluding carboxylic acids is 3. The third-order valence-electron chi connectivity index (χ3n) is 8.76. The lowest BCUT2D eigenvalue weighted by atomic mass is 9.97. The molecule has 2 saturated heterocycles. The van der Waals surface area contributed by atoms with Crippen LogP contribution in [0.4, 0.5) is 13.2 Å². The second-order valence-electron chi connectivity index (χ2n) is 11.7. The maximum atomic E-state index is 13.9.